The van der Waals surface area contributed by atoms with Crippen molar-refractivity contribution in [1.82, 2.24) is 14.5 Å². The second-order valence-electron chi connectivity index (χ2n) is 7.46. The molecule has 26 heavy (non-hydrogen) atoms. The Morgan fingerprint density at radius 3 is 2.50 bits per heavy atom. The van der Waals surface area contributed by atoms with Crippen LogP contribution in [0.15, 0.2) is 42.5 Å². The number of rotatable bonds is 1. The van der Waals surface area contributed by atoms with Gasteiger partial charge in [0.05, 0.1) is 23.8 Å². The van der Waals surface area contributed by atoms with Crippen LogP contribution in [0.3, 0.4) is 0 Å². The molecule has 0 saturated heterocycles. The first kappa shape index (κ1) is 15.2. The third kappa shape index (κ3) is 1.97. The lowest BCUT2D eigenvalue weighted by Gasteiger charge is -2.35. The summed E-state index contributed by atoms with van der Waals surface area (Å²) >= 11 is 0. The number of phenols is 1. The van der Waals surface area contributed by atoms with Crippen LogP contribution in [0, 0.1) is 0 Å². The number of fused-ring (bicyclic) bond motifs is 6. The van der Waals surface area contributed by atoms with Crippen molar-refractivity contribution in [2.24, 2.45) is 0 Å². The van der Waals surface area contributed by atoms with Gasteiger partial charge in [-0.1, -0.05) is 12.1 Å². The lowest BCUT2D eigenvalue weighted by atomic mass is 9.86. The van der Waals surface area contributed by atoms with Crippen molar-refractivity contribution in [2.45, 2.75) is 25.8 Å². The number of para-hydroxylation sites is 2. The Labute approximate surface area is 150 Å². The Balaban J connectivity index is 1.88. The summed E-state index contributed by atoms with van der Waals surface area (Å²) in [5, 5.41) is 10.3. The van der Waals surface area contributed by atoms with E-state index in [2.05, 4.69) is 24.5 Å². The van der Waals surface area contributed by atoms with Gasteiger partial charge in [0.15, 0.2) is 17.1 Å². The summed E-state index contributed by atoms with van der Waals surface area (Å²) in [4.78, 5) is 9.70. The summed E-state index contributed by atoms with van der Waals surface area (Å²) < 4.78 is 7.54. The SMILES string of the molecule is COc1cc2c(cc1O)-c1cc3nc4ccccc4nc3n1C(C)(C)C2. The molecule has 2 aromatic carbocycles. The molecule has 0 amide bonds. The molecular weight excluding hydrogens is 326 g/mol. The van der Waals surface area contributed by atoms with E-state index in [1.807, 2.05) is 30.3 Å². The molecule has 0 bridgehead atoms. The van der Waals surface area contributed by atoms with Crippen molar-refractivity contribution >= 4 is 22.2 Å². The maximum Gasteiger partial charge on any atom is 0.160 e. The van der Waals surface area contributed by atoms with E-state index >= 15 is 0 Å². The van der Waals surface area contributed by atoms with Crippen molar-refractivity contribution in [3.8, 4) is 22.8 Å². The van der Waals surface area contributed by atoms with Crippen LogP contribution in [0.5, 0.6) is 11.5 Å². The summed E-state index contributed by atoms with van der Waals surface area (Å²) in [6.07, 6.45) is 0.824. The van der Waals surface area contributed by atoms with E-state index < -0.39 is 0 Å². The van der Waals surface area contributed by atoms with Crippen LogP contribution in [0.25, 0.3) is 33.5 Å². The highest BCUT2D eigenvalue weighted by atomic mass is 16.5. The van der Waals surface area contributed by atoms with E-state index in [0.29, 0.717) is 5.75 Å². The quantitative estimate of drug-likeness (QED) is 0.560. The predicted octanol–water partition coefficient (Wildman–Crippen LogP) is 4.26. The highest BCUT2D eigenvalue weighted by molar-refractivity contribution is 5.90. The zero-order chi connectivity index (χ0) is 18.1. The molecule has 0 unspecified atom stereocenters. The normalized spacial score (nSPS) is 15.0. The zero-order valence-electron chi connectivity index (χ0n) is 14.9. The minimum Gasteiger partial charge on any atom is -0.504 e. The number of ether oxygens (including phenoxy) is 1. The molecule has 0 aliphatic carbocycles. The zero-order valence-corrected chi connectivity index (χ0v) is 14.9. The monoisotopic (exact) mass is 345 g/mol. The van der Waals surface area contributed by atoms with E-state index in [0.717, 1.165) is 45.4 Å². The first-order valence-electron chi connectivity index (χ1n) is 8.67. The van der Waals surface area contributed by atoms with Gasteiger partial charge in [-0.15, -0.1) is 0 Å². The second kappa shape index (κ2) is 4.97. The fourth-order valence-corrected chi connectivity index (χ4v) is 4.09. The van der Waals surface area contributed by atoms with E-state index in [1.165, 1.54) is 0 Å². The molecule has 3 heterocycles. The summed E-state index contributed by atoms with van der Waals surface area (Å²) in [7, 11) is 1.58. The van der Waals surface area contributed by atoms with Crippen LogP contribution < -0.4 is 4.74 Å². The van der Waals surface area contributed by atoms with Gasteiger partial charge in [-0.2, -0.15) is 0 Å². The van der Waals surface area contributed by atoms with Gasteiger partial charge >= 0.3 is 0 Å². The predicted molar refractivity (Wildman–Crippen MR) is 102 cm³/mol. The minimum atomic E-state index is -0.163. The van der Waals surface area contributed by atoms with Gasteiger partial charge in [0, 0.05) is 11.1 Å². The molecule has 1 N–H and O–H groups in total. The summed E-state index contributed by atoms with van der Waals surface area (Å²) in [6, 6.07) is 13.7. The average molecular weight is 345 g/mol. The Kier molecular flexibility index (Phi) is 2.91. The van der Waals surface area contributed by atoms with Gasteiger partial charge in [-0.05, 0) is 56.2 Å². The first-order chi connectivity index (χ1) is 12.5. The van der Waals surface area contributed by atoms with Gasteiger partial charge in [0.2, 0.25) is 0 Å². The van der Waals surface area contributed by atoms with Crippen molar-refractivity contribution in [1.29, 1.82) is 0 Å². The third-order valence-corrected chi connectivity index (χ3v) is 5.21. The van der Waals surface area contributed by atoms with Crippen molar-refractivity contribution in [2.75, 3.05) is 7.11 Å². The molecule has 0 fully saturated rings. The molecular formula is C21H19N3O2. The minimum absolute atomic E-state index is 0.147. The number of aromatic hydroxyl groups is 1. The van der Waals surface area contributed by atoms with Crippen molar-refractivity contribution in [3.05, 3.63) is 48.0 Å². The Morgan fingerprint density at radius 2 is 1.77 bits per heavy atom. The van der Waals surface area contributed by atoms with E-state index in [9.17, 15) is 5.11 Å². The highest BCUT2D eigenvalue weighted by Gasteiger charge is 2.34. The van der Waals surface area contributed by atoms with E-state index in [4.69, 9.17) is 14.7 Å². The molecule has 0 saturated carbocycles. The number of nitrogens with zero attached hydrogens (tertiary/aromatic N) is 3. The maximum absolute atomic E-state index is 10.3. The van der Waals surface area contributed by atoms with Crippen molar-refractivity contribution < 1.29 is 9.84 Å². The Bertz CT molecular complexity index is 1190. The van der Waals surface area contributed by atoms with E-state index in [1.54, 1.807) is 13.2 Å². The number of hydrogen-bond donors (Lipinski definition) is 1. The summed E-state index contributed by atoms with van der Waals surface area (Å²) in [5.74, 6) is 0.653. The van der Waals surface area contributed by atoms with Crippen LogP contribution in [0.1, 0.15) is 19.4 Å². The van der Waals surface area contributed by atoms with E-state index in [-0.39, 0.29) is 11.3 Å². The lowest BCUT2D eigenvalue weighted by Crippen LogP contribution is -2.33. The molecule has 0 spiro atoms. The van der Waals surface area contributed by atoms with Gasteiger partial charge < -0.3 is 14.4 Å². The van der Waals surface area contributed by atoms with Gasteiger partial charge in [-0.3, -0.25) is 0 Å². The Morgan fingerprint density at radius 1 is 1.04 bits per heavy atom. The number of methoxy groups -OCH3 is 1. The largest absolute Gasteiger partial charge is 0.504 e. The standard InChI is InChI=1S/C21H19N3O2/c1-21(2)11-12-8-19(26-3)18(25)9-13(12)17-10-16-20(24(17)21)23-15-7-5-4-6-14(15)22-16/h4-10,25H,11H2,1-3H3. The second-order valence-corrected chi connectivity index (χ2v) is 7.46. The van der Waals surface area contributed by atoms with Crippen LogP contribution in [0.4, 0.5) is 0 Å². The topological polar surface area (TPSA) is 60.2 Å². The van der Waals surface area contributed by atoms with Crippen molar-refractivity contribution in [3.63, 3.8) is 0 Å². The molecule has 5 rings (SSSR count). The molecule has 5 heteroatoms. The van der Waals surface area contributed by atoms with Crippen LogP contribution >= 0.6 is 0 Å². The molecule has 2 aromatic heterocycles. The van der Waals surface area contributed by atoms with Crippen LogP contribution in [-0.4, -0.2) is 26.8 Å². The smallest absolute Gasteiger partial charge is 0.160 e. The van der Waals surface area contributed by atoms with Gasteiger partial charge in [0.1, 0.15) is 5.52 Å². The molecule has 4 aromatic rings. The molecule has 0 radical (unpaired) electrons. The molecule has 1 aliphatic heterocycles. The molecule has 5 nitrogen and oxygen atoms in total. The number of benzene rings is 2. The number of phenolic OH excluding ortho intramolecular Hbond substituents is 1. The average Bonchev–Trinajstić information content (AvgIpc) is 2.99. The fraction of sp³-hybridized carbons (Fsp3) is 0.238. The summed E-state index contributed by atoms with van der Waals surface area (Å²) in [6.45, 7) is 4.41. The summed E-state index contributed by atoms with van der Waals surface area (Å²) in [5.41, 5.74) is 6.55. The molecule has 1 aliphatic rings. The molecule has 130 valence electrons. The lowest BCUT2D eigenvalue weighted by molar-refractivity contribution is 0.351. The van der Waals surface area contributed by atoms with Crippen LogP contribution in [-0.2, 0) is 12.0 Å². The first-order valence-corrected chi connectivity index (χ1v) is 8.67. The number of hydrogen-bond acceptors (Lipinski definition) is 4. The third-order valence-electron chi connectivity index (χ3n) is 5.21. The van der Waals surface area contributed by atoms with Gasteiger partial charge in [-0.25, -0.2) is 9.97 Å². The fourth-order valence-electron chi connectivity index (χ4n) is 4.09. The van der Waals surface area contributed by atoms with Gasteiger partial charge in [0.25, 0.3) is 0 Å². The number of aromatic nitrogens is 3. The van der Waals surface area contributed by atoms with Crippen LogP contribution in [0.2, 0.25) is 0 Å². The maximum atomic E-state index is 10.3. The molecule has 0 atom stereocenters. The highest BCUT2D eigenvalue weighted by Crippen LogP contribution is 2.45. The Hall–Kier alpha value is -3.08.